The van der Waals surface area contributed by atoms with Crippen molar-refractivity contribution in [2.75, 3.05) is 14.1 Å². The van der Waals surface area contributed by atoms with E-state index in [1.165, 1.54) is 17.0 Å². The number of likely N-dealkylation sites (N-methyl/N-ethyl adjacent to an activating group) is 1. The van der Waals surface area contributed by atoms with Crippen LogP contribution in [-0.4, -0.2) is 63.5 Å². The third kappa shape index (κ3) is 2.67. The molecule has 0 bridgehead atoms. The summed E-state index contributed by atoms with van der Waals surface area (Å²) in [6, 6.07) is 3.21. The van der Waals surface area contributed by atoms with E-state index in [1.807, 2.05) is 0 Å². The van der Waals surface area contributed by atoms with Crippen LogP contribution in [0.1, 0.15) is 35.7 Å². The van der Waals surface area contributed by atoms with Gasteiger partial charge in [-0.15, -0.1) is 0 Å². The molecule has 5 unspecified atom stereocenters. The van der Waals surface area contributed by atoms with E-state index in [-0.39, 0.29) is 34.7 Å². The zero-order valence-electron chi connectivity index (χ0n) is 17.5. The van der Waals surface area contributed by atoms with Gasteiger partial charge >= 0.3 is 5.97 Å². The predicted molar refractivity (Wildman–Crippen MR) is 110 cm³/mol. The average Bonchev–Trinajstić information content (AvgIpc) is 3.00. The lowest BCUT2D eigenvalue weighted by molar-refractivity contribution is -0.166. The molecule has 0 spiro atoms. The van der Waals surface area contributed by atoms with Gasteiger partial charge in [-0.3, -0.25) is 14.5 Å². The van der Waals surface area contributed by atoms with Crippen molar-refractivity contribution in [1.29, 1.82) is 5.26 Å². The lowest BCUT2D eigenvalue weighted by atomic mass is 9.58. The van der Waals surface area contributed by atoms with Gasteiger partial charge in [-0.05, 0) is 39.6 Å². The summed E-state index contributed by atoms with van der Waals surface area (Å²) in [5, 5.41) is 41.6. The molecule has 3 aliphatic rings. The van der Waals surface area contributed by atoms with E-state index >= 15 is 0 Å². The third-order valence-corrected chi connectivity index (χ3v) is 7.33. The molecule has 1 heterocycles. The van der Waals surface area contributed by atoms with Gasteiger partial charge in [-0.2, -0.15) is 5.26 Å². The molecule has 0 amide bonds. The van der Waals surface area contributed by atoms with Crippen molar-refractivity contribution in [1.82, 2.24) is 4.90 Å². The van der Waals surface area contributed by atoms with Crippen molar-refractivity contribution in [3.05, 3.63) is 39.6 Å². The summed E-state index contributed by atoms with van der Waals surface area (Å²) in [5.41, 5.74) is -4.35. The number of rotatable bonds is 2. The maximum absolute atomic E-state index is 13.2. The van der Waals surface area contributed by atoms with Crippen molar-refractivity contribution < 1.29 is 34.4 Å². The summed E-state index contributed by atoms with van der Waals surface area (Å²) in [6.45, 7) is 1.57. The number of carbonyl (C=O) groups is 3. The van der Waals surface area contributed by atoms with Crippen molar-refractivity contribution in [3.63, 3.8) is 0 Å². The summed E-state index contributed by atoms with van der Waals surface area (Å²) in [6.07, 6.45) is -0.325. The predicted octanol–water partition coefficient (Wildman–Crippen LogP) is 1.61. The van der Waals surface area contributed by atoms with Gasteiger partial charge < -0.3 is 20.1 Å². The molecule has 4 rings (SSSR count). The van der Waals surface area contributed by atoms with Crippen molar-refractivity contribution in [2.24, 2.45) is 11.8 Å². The monoisotopic (exact) mass is 460 g/mol. The Hall–Kier alpha value is -2.93. The minimum Gasteiger partial charge on any atom is -0.507 e. The van der Waals surface area contributed by atoms with Crippen LogP contribution in [0.4, 0.5) is 0 Å². The number of esters is 1. The number of phenols is 1. The van der Waals surface area contributed by atoms with Crippen molar-refractivity contribution in [3.8, 4) is 11.8 Å². The van der Waals surface area contributed by atoms with Gasteiger partial charge in [0.1, 0.15) is 28.6 Å². The number of aromatic hydroxyl groups is 1. The maximum Gasteiger partial charge on any atom is 0.343 e. The highest BCUT2D eigenvalue weighted by atomic mass is 35.5. The number of fused-ring (bicyclic) bond motifs is 2. The van der Waals surface area contributed by atoms with Gasteiger partial charge in [-0.1, -0.05) is 11.6 Å². The first-order chi connectivity index (χ1) is 14.9. The highest BCUT2D eigenvalue weighted by molar-refractivity contribution is 6.32. The molecule has 32 heavy (non-hydrogen) atoms. The fraction of sp³-hybridized carbons (Fsp3) is 0.455. The highest BCUT2D eigenvalue weighted by Gasteiger charge is 2.64. The number of ether oxygens (including phenoxy) is 1. The largest absolute Gasteiger partial charge is 0.507 e. The number of benzene rings is 1. The first-order valence-electron chi connectivity index (χ1n) is 9.94. The summed E-state index contributed by atoms with van der Waals surface area (Å²) < 4.78 is 5.63. The van der Waals surface area contributed by atoms with E-state index in [4.69, 9.17) is 16.3 Å². The average molecular weight is 461 g/mol. The number of cyclic esters (lactones) is 1. The van der Waals surface area contributed by atoms with E-state index in [2.05, 4.69) is 0 Å². The topological polar surface area (TPSA) is 148 Å². The molecule has 5 atom stereocenters. The molecule has 9 nitrogen and oxygen atoms in total. The minimum absolute atomic E-state index is 0.00516. The van der Waals surface area contributed by atoms with Crippen LogP contribution in [-0.2, 0) is 19.9 Å². The van der Waals surface area contributed by atoms with Crippen LogP contribution in [0, 0.1) is 23.2 Å². The number of nitriles is 1. The smallest absolute Gasteiger partial charge is 0.343 e. The summed E-state index contributed by atoms with van der Waals surface area (Å²) in [4.78, 5) is 40.2. The SMILES string of the molecule is CN(C)C1C(=O)C(C#N)=C(O)C2(O)C(=O)CC(C3(C)OC(=O)c4c(O)ccc(Cl)c43)CC12. The first kappa shape index (κ1) is 22.3. The van der Waals surface area contributed by atoms with E-state index in [0.29, 0.717) is 0 Å². The van der Waals surface area contributed by atoms with Crippen LogP contribution in [0.25, 0.3) is 0 Å². The molecule has 0 radical (unpaired) electrons. The molecule has 3 N–H and O–H groups in total. The Morgan fingerprint density at radius 2 is 1.91 bits per heavy atom. The van der Waals surface area contributed by atoms with Crippen molar-refractivity contribution in [2.45, 2.75) is 37.0 Å². The Morgan fingerprint density at radius 3 is 2.50 bits per heavy atom. The third-order valence-electron chi connectivity index (χ3n) is 7.01. The number of halogens is 1. The van der Waals surface area contributed by atoms with Crippen LogP contribution in [0.15, 0.2) is 23.5 Å². The molecule has 10 heteroatoms. The van der Waals surface area contributed by atoms with Gasteiger partial charge in [0, 0.05) is 28.8 Å². The molecule has 168 valence electrons. The number of carbonyl (C=O) groups excluding carboxylic acids is 3. The molecule has 1 aromatic carbocycles. The molecule has 0 saturated heterocycles. The molecule has 2 aliphatic carbocycles. The fourth-order valence-corrected chi connectivity index (χ4v) is 5.76. The number of aliphatic hydroxyl groups is 2. The molecule has 1 fully saturated rings. The van der Waals surface area contributed by atoms with E-state index in [0.717, 1.165) is 0 Å². The van der Waals surface area contributed by atoms with Gasteiger partial charge in [0.15, 0.2) is 22.9 Å². The van der Waals surface area contributed by atoms with Gasteiger partial charge in [0.05, 0.1) is 6.04 Å². The van der Waals surface area contributed by atoms with E-state index in [9.17, 15) is 35.0 Å². The summed E-state index contributed by atoms with van der Waals surface area (Å²) in [7, 11) is 3.13. The van der Waals surface area contributed by atoms with E-state index in [1.54, 1.807) is 27.1 Å². The van der Waals surface area contributed by atoms with Crippen LogP contribution >= 0.6 is 11.6 Å². The maximum atomic E-state index is 13.2. The Morgan fingerprint density at radius 1 is 1.25 bits per heavy atom. The lowest BCUT2D eigenvalue weighted by Gasteiger charge is -2.50. The lowest BCUT2D eigenvalue weighted by Crippen LogP contribution is -2.65. The molecule has 1 aliphatic heterocycles. The van der Waals surface area contributed by atoms with Gasteiger partial charge in [-0.25, -0.2) is 4.79 Å². The second-order valence-electron chi connectivity index (χ2n) is 8.85. The second kappa shape index (κ2) is 7.04. The van der Waals surface area contributed by atoms with Gasteiger partial charge in [0.2, 0.25) is 0 Å². The summed E-state index contributed by atoms with van der Waals surface area (Å²) in [5.74, 6) is -5.39. The fourth-order valence-electron chi connectivity index (χ4n) is 5.41. The first-order valence-corrected chi connectivity index (χ1v) is 10.3. The Kier molecular flexibility index (Phi) is 4.90. The molecule has 1 aromatic rings. The highest BCUT2D eigenvalue weighted by Crippen LogP contribution is 2.55. The number of nitrogens with zero attached hydrogens (tertiary/aromatic N) is 2. The van der Waals surface area contributed by atoms with Gasteiger partial charge in [0.25, 0.3) is 0 Å². The summed E-state index contributed by atoms with van der Waals surface area (Å²) >= 11 is 6.35. The zero-order valence-corrected chi connectivity index (χ0v) is 18.3. The number of Topliss-reactive ketones (excluding diaryl/α,β-unsaturated/α-hetero) is 2. The molecule has 0 aromatic heterocycles. The van der Waals surface area contributed by atoms with Crippen molar-refractivity contribution >= 4 is 29.1 Å². The Balaban J connectivity index is 1.86. The zero-order chi connectivity index (χ0) is 23.7. The number of ketones is 2. The quantitative estimate of drug-likeness (QED) is 0.559. The number of aliphatic hydroxyl groups excluding tert-OH is 1. The van der Waals surface area contributed by atoms with Crippen LogP contribution < -0.4 is 0 Å². The molecular formula is C22H21ClN2O7. The second-order valence-corrected chi connectivity index (χ2v) is 9.26. The Bertz CT molecular complexity index is 1150. The minimum atomic E-state index is -2.42. The van der Waals surface area contributed by atoms with Crippen LogP contribution in [0.5, 0.6) is 5.75 Å². The normalized spacial score (nSPS) is 34.3. The number of phenolic OH excluding ortho intramolecular Hbond substituents is 1. The van der Waals surface area contributed by atoms with Crippen LogP contribution in [0.2, 0.25) is 5.02 Å². The number of hydrogen-bond acceptors (Lipinski definition) is 9. The number of hydrogen-bond donors (Lipinski definition) is 3. The van der Waals surface area contributed by atoms with Crippen LogP contribution in [0.3, 0.4) is 0 Å². The Labute approximate surface area is 188 Å². The standard InChI is InChI=1S/C22H21ClN2O7/c1-21(16-12(23)4-5-13(26)15(16)20(30)32-21)9-6-11-17(25(2)3)18(28)10(8-24)19(29)22(11,31)14(27)7-9/h4-5,9,11,17,26,29,31H,6-7H2,1-3H3. The van der Waals surface area contributed by atoms with E-state index < -0.39 is 57.9 Å². The molecular weight excluding hydrogens is 440 g/mol. The molecule has 1 saturated carbocycles.